The molecule has 0 saturated carbocycles. The van der Waals surface area contributed by atoms with Gasteiger partial charge in [-0.3, -0.25) is 9.88 Å². The molecular weight excluding hydrogens is 226 g/mol. The van der Waals surface area contributed by atoms with Gasteiger partial charge in [-0.15, -0.1) is 0 Å². The molecule has 1 unspecified atom stereocenters. The van der Waals surface area contributed by atoms with E-state index >= 15 is 0 Å². The minimum atomic E-state index is 0.382. The van der Waals surface area contributed by atoms with Crippen molar-refractivity contribution in [2.75, 3.05) is 13.1 Å². The van der Waals surface area contributed by atoms with E-state index in [2.05, 4.69) is 35.0 Å². The third-order valence-corrected chi connectivity index (χ3v) is 3.75. The number of piperidine rings is 1. The predicted octanol–water partition coefficient (Wildman–Crippen LogP) is 2.45. The van der Waals surface area contributed by atoms with Crippen molar-refractivity contribution < 1.29 is 5.21 Å². The number of nitrogens with zero attached hydrogens (tertiary/aromatic N) is 3. The Balaban J connectivity index is 2.02. The zero-order valence-corrected chi connectivity index (χ0v) is 11.1. The van der Waals surface area contributed by atoms with Crippen molar-refractivity contribution in [3.63, 3.8) is 0 Å². The average Bonchev–Trinajstić information content (AvgIpc) is 2.41. The number of hydrogen-bond acceptors (Lipinski definition) is 4. The van der Waals surface area contributed by atoms with Crippen LogP contribution in [0.25, 0.3) is 0 Å². The molecule has 1 atom stereocenters. The van der Waals surface area contributed by atoms with Crippen molar-refractivity contribution in [1.82, 2.24) is 9.88 Å². The largest absolute Gasteiger partial charge is 0.411 e. The molecule has 0 spiro atoms. The number of aromatic nitrogens is 1. The zero-order chi connectivity index (χ0) is 13.0. The number of rotatable bonds is 3. The second-order valence-electron chi connectivity index (χ2n) is 4.95. The van der Waals surface area contributed by atoms with Gasteiger partial charge in [-0.2, -0.15) is 0 Å². The van der Waals surface area contributed by atoms with Gasteiger partial charge in [0, 0.05) is 38.2 Å². The first-order valence-electron chi connectivity index (χ1n) is 6.58. The van der Waals surface area contributed by atoms with Crippen LogP contribution in [0.15, 0.2) is 23.5 Å². The molecular formula is C14H21N3O. The van der Waals surface area contributed by atoms with Gasteiger partial charge < -0.3 is 5.21 Å². The van der Waals surface area contributed by atoms with Crippen molar-refractivity contribution in [2.24, 2.45) is 11.1 Å². The van der Waals surface area contributed by atoms with Crippen molar-refractivity contribution in [2.45, 2.75) is 33.2 Å². The number of hydrogen-bond donors (Lipinski definition) is 1. The number of likely N-dealkylation sites (tertiary alicyclic amines) is 1. The van der Waals surface area contributed by atoms with Gasteiger partial charge in [-0.1, -0.05) is 18.1 Å². The lowest BCUT2D eigenvalue weighted by Gasteiger charge is -2.32. The molecule has 1 saturated heterocycles. The average molecular weight is 247 g/mol. The maximum Gasteiger partial charge on any atom is 0.0627 e. The lowest BCUT2D eigenvalue weighted by Crippen LogP contribution is -2.40. The smallest absolute Gasteiger partial charge is 0.0627 e. The molecule has 0 bridgehead atoms. The van der Waals surface area contributed by atoms with E-state index < -0.39 is 0 Å². The third-order valence-electron chi connectivity index (χ3n) is 3.75. The minimum Gasteiger partial charge on any atom is -0.411 e. The van der Waals surface area contributed by atoms with Gasteiger partial charge in [0.25, 0.3) is 0 Å². The molecule has 0 radical (unpaired) electrons. The SMILES string of the molecule is CCC1CN(Cc2ncccc2C)CC/C1=N\O. The minimum absolute atomic E-state index is 0.382. The zero-order valence-electron chi connectivity index (χ0n) is 11.1. The van der Waals surface area contributed by atoms with Crippen LogP contribution >= 0.6 is 0 Å². The van der Waals surface area contributed by atoms with E-state index in [1.54, 1.807) is 0 Å². The summed E-state index contributed by atoms with van der Waals surface area (Å²) in [4.78, 5) is 6.84. The van der Waals surface area contributed by atoms with Gasteiger partial charge in [0.1, 0.15) is 0 Å². The molecule has 2 heterocycles. The van der Waals surface area contributed by atoms with Crippen molar-refractivity contribution in [3.8, 4) is 0 Å². The third kappa shape index (κ3) is 2.88. The quantitative estimate of drug-likeness (QED) is 0.659. The topological polar surface area (TPSA) is 48.7 Å². The van der Waals surface area contributed by atoms with Crippen LogP contribution in [0.5, 0.6) is 0 Å². The molecule has 0 amide bonds. The number of pyridine rings is 1. The van der Waals surface area contributed by atoms with Crippen LogP contribution in [0.2, 0.25) is 0 Å². The summed E-state index contributed by atoms with van der Waals surface area (Å²) < 4.78 is 0. The van der Waals surface area contributed by atoms with E-state index in [9.17, 15) is 0 Å². The van der Waals surface area contributed by atoms with Crippen LogP contribution in [-0.2, 0) is 6.54 Å². The summed E-state index contributed by atoms with van der Waals surface area (Å²) in [7, 11) is 0. The molecule has 98 valence electrons. The first kappa shape index (κ1) is 13.0. The molecule has 0 aliphatic carbocycles. The Morgan fingerprint density at radius 2 is 2.39 bits per heavy atom. The normalized spacial score (nSPS) is 23.4. The fourth-order valence-corrected chi connectivity index (χ4v) is 2.52. The van der Waals surface area contributed by atoms with E-state index in [0.717, 1.165) is 43.9 Å². The molecule has 1 fully saturated rings. The summed E-state index contributed by atoms with van der Waals surface area (Å²) in [5.74, 6) is 0.382. The Bertz CT molecular complexity index is 431. The Hall–Kier alpha value is -1.42. The number of oxime groups is 1. The second kappa shape index (κ2) is 5.96. The Morgan fingerprint density at radius 1 is 1.56 bits per heavy atom. The monoisotopic (exact) mass is 247 g/mol. The van der Waals surface area contributed by atoms with Crippen molar-refractivity contribution in [1.29, 1.82) is 0 Å². The van der Waals surface area contributed by atoms with Crippen LogP contribution in [-0.4, -0.2) is 33.9 Å². The summed E-state index contributed by atoms with van der Waals surface area (Å²) in [6.07, 6.45) is 3.74. The highest BCUT2D eigenvalue weighted by molar-refractivity contribution is 5.87. The van der Waals surface area contributed by atoms with Gasteiger partial charge in [0.15, 0.2) is 0 Å². The van der Waals surface area contributed by atoms with E-state index in [-0.39, 0.29) is 0 Å². The van der Waals surface area contributed by atoms with E-state index in [4.69, 9.17) is 5.21 Å². The fraction of sp³-hybridized carbons (Fsp3) is 0.571. The second-order valence-corrected chi connectivity index (χ2v) is 4.95. The molecule has 1 N–H and O–H groups in total. The Labute approximate surface area is 108 Å². The summed E-state index contributed by atoms with van der Waals surface area (Å²) in [5.41, 5.74) is 3.34. The summed E-state index contributed by atoms with van der Waals surface area (Å²) in [6.45, 7) is 7.05. The van der Waals surface area contributed by atoms with Crippen LogP contribution in [0.4, 0.5) is 0 Å². The standard InChI is InChI=1S/C14H21N3O/c1-3-12-9-17(8-6-13(12)16-18)10-14-11(2)5-4-7-15-14/h4-5,7,12,18H,3,6,8-10H2,1-2H3/b16-13+. The summed E-state index contributed by atoms with van der Waals surface area (Å²) >= 11 is 0. The summed E-state index contributed by atoms with van der Waals surface area (Å²) in [6, 6.07) is 4.07. The first-order chi connectivity index (χ1) is 8.74. The molecule has 1 aromatic rings. The molecule has 4 nitrogen and oxygen atoms in total. The lowest BCUT2D eigenvalue weighted by atomic mass is 9.93. The highest BCUT2D eigenvalue weighted by Crippen LogP contribution is 2.19. The van der Waals surface area contributed by atoms with E-state index in [0.29, 0.717) is 5.92 Å². The van der Waals surface area contributed by atoms with Gasteiger partial charge in [-0.25, -0.2) is 0 Å². The highest BCUT2D eigenvalue weighted by Gasteiger charge is 2.25. The fourth-order valence-electron chi connectivity index (χ4n) is 2.52. The first-order valence-corrected chi connectivity index (χ1v) is 6.58. The van der Waals surface area contributed by atoms with Crippen LogP contribution in [0.1, 0.15) is 31.0 Å². The van der Waals surface area contributed by atoms with Crippen LogP contribution in [0.3, 0.4) is 0 Å². The van der Waals surface area contributed by atoms with Gasteiger partial charge in [0.2, 0.25) is 0 Å². The molecule has 1 aliphatic heterocycles. The van der Waals surface area contributed by atoms with Gasteiger partial charge in [0.05, 0.1) is 11.4 Å². The maximum atomic E-state index is 8.97. The molecule has 4 heteroatoms. The van der Waals surface area contributed by atoms with E-state index in [1.165, 1.54) is 5.56 Å². The molecule has 1 aliphatic rings. The van der Waals surface area contributed by atoms with Crippen LogP contribution in [0, 0.1) is 12.8 Å². The van der Waals surface area contributed by atoms with Gasteiger partial charge in [-0.05, 0) is 25.0 Å². The highest BCUT2D eigenvalue weighted by atomic mass is 16.4. The molecule has 1 aromatic heterocycles. The Morgan fingerprint density at radius 3 is 3.06 bits per heavy atom. The molecule has 2 rings (SSSR count). The maximum absolute atomic E-state index is 8.97. The predicted molar refractivity (Wildman–Crippen MR) is 71.9 cm³/mol. The Kier molecular flexibility index (Phi) is 4.31. The van der Waals surface area contributed by atoms with Crippen molar-refractivity contribution in [3.05, 3.63) is 29.6 Å². The number of aryl methyl sites for hydroxylation is 1. The lowest BCUT2D eigenvalue weighted by molar-refractivity contribution is 0.218. The molecule has 18 heavy (non-hydrogen) atoms. The van der Waals surface area contributed by atoms with Gasteiger partial charge >= 0.3 is 0 Å². The van der Waals surface area contributed by atoms with Crippen LogP contribution < -0.4 is 0 Å². The summed E-state index contributed by atoms with van der Waals surface area (Å²) in [5, 5.41) is 12.4. The van der Waals surface area contributed by atoms with Crippen molar-refractivity contribution >= 4 is 5.71 Å². The van der Waals surface area contributed by atoms with E-state index in [1.807, 2.05) is 12.3 Å². The molecule has 0 aromatic carbocycles.